The highest BCUT2D eigenvalue weighted by Gasteiger charge is 2.20. The minimum absolute atomic E-state index is 0.0234. The molecule has 1 aliphatic heterocycles. The third-order valence-corrected chi connectivity index (χ3v) is 4.51. The van der Waals surface area contributed by atoms with Crippen LogP contribution in [0, 0.1) is 6.92 Å². The van der Waals surface area contributed by atoms with E-state index in [2.05, 4.69) is 10.3 Å². The first-order valence-electron chi connectivity index (χ1n) is 7.26. The van der Waals surface area contributed by atoms with Crippen molar-refractivity contribution in [1.82, 2.24) is 10.3 Å². The second-order valence-electron chi connectivity index (χ2n) is 5.16. The van der Waals surface area contributed by atoms with Crippen molar-refractivity contribution in [3.8, 4) is 11.5 Å². The molecule has 1 N–H and O–H groups in total. The largest absolute Gasteiger partial charge is 0.486 e. The van der Waals surface area contributed by atoms with Crippen LogP contribution in [0.15, 0.2) is 29.8 Å². The second kappa shape index (κ2) is 6.79. The fourth-order valence-electron chi connectivity index (χ4n) is 2.27. The van der Waals surface area contributed by atoms with E-state index < -0.39 is 0 Å². The Balaban J connectivity index is 1.43. The molecule has 5 nitrogen and oxygen atoms in total. The van der Waals surface area contributed by atoms with Crippen LogP contribution in [0.2, 0.25) is 0 Å². The van der Waals surface area contributed by atoms with Gasteiger partial charge in [0, 0.05) is 11.3 Å². The summed E-state index contributed by atoms with van der Waals surface area (Å²) in [5.74, 6) is 1.51. The number of benzene rings is 1. The summed E-state index contributed by atoms with van der Waals surface area (Å²) in [5, 5.41) is 2.91. The minimum Gasteiger partial charge on any atom is -0.486 e. The molecule has 1 unspecified atom stereocenters. The van der Waals surface area contributed by atoms with Gasteiger partial charge in [-0.2, -0.15) is 0 Å². The molecule has 0 bridgehead atoms. The van der Waals surface area contributed by atoms with Crippen LogP contribution in [-0.2, 0) is 11.2 Å². The minimum atomic E-state index is -0.149. The Morgan fingerprint density at radius 2 is 2.23 bits per heavy atom. The van der Waals surface area contributed by atoms with Crippen molar-refractivity contribution in [3.05, 3.63) is 40.3 Å². The molecule has 0 saturated carbocycles. The first kappa shape index (κ1) is 14.8. The zero-order valence-corrected chi connectivity index (χ0v) is 13.2. The summed E-state index contributed by atoms with van der Waals surface area (Å²) < 4.78 is 11.4. The molecule has 1 amide bonds. The number of hydrogen-bond acceptors (Lipinski definition) is 5. The van der Waals surface area contributed by atoms with Gasteiger partial charge in [0.25, 0.3) is 0 Å². The number of carbonyl (C=O) groups excluding carboxylic acids is 1. The molecule has 1 atom stereocenters. The van der Waals surface area contributed by atoms with Crippen LogP contribution in [0.4, 0.5) is 0 Å². The van der Waals surface area contributed by atoms with E-state index >= 15 is 0 Å². The van der Waals surface area contributed by atoms with E-state index in [1.807, 2.05) is 36.7 Å². The van der Waals surface area contributed by atoms with Crippen molar-refractivity contribution in [2.45, 2.75) is 25.9 Å². The summed E-state index contributed by atoms with van der Waals surface area (Å²) in [4.78, 5) is 17.3. The quantitative estimate of drug-likeness (QED) is 0.919. The van der Waals surface area contributed by atoms with E-state index in [4.69, 9.17) is 9.47 Å². The highest BCUT2D eigenvalue weighted by atomic mass is 32.1. The number of nitrogens with zero attached hydrogens (tertiary/aromatic N) is 1. The molecule has 2 heterocycles. The van der Waals surface area contributed by atoms with Crippen molar-refractivity contribution in [1.29, 1.82) is 0 Å². The summed E-state index contributed by atoms with van der Waals surface area (Å²) in [5.41, 5.74) is 2.83. The number of rotatable bonds is 5. The highest BCUT2D eigenvalue weighted by molar-refractivity contribution is 7.09. The Morgan fingerprint density at radius 3 is 3.00 bits per heavy atom. The average Bonchev–Trinajstić information content (AvgIpc) is 2.96. The zero-order chi connectivity index (χ0) is 15.4. The molecule has 0 radical (unpaired) electrons. The van der Waals surface area contributed by atoms with Gasteiger partial charge in [-0.1, -0.05) is 12.1 Å². The van der Waals surface area contributed by atoms with Crippen molar-refractivity contribution in [3.63, 3.8) is 0 Å². The van der Waals surface area contributed by atoms with Gasteiger partial charge in [0.15, 0.2) is 11.5 Å². The second-order valence-corrected chi connectivity index (χ2v) is 6.10. The van der Waals surface area contributed by atoms with Gasteiger partial charge in [0.2, 0.25) is 5.91 Å². The van der Waals surface area contributed by atoms with Crippen LogP contribution in [-0.4, -0.2) is 30.1 Å². The lowest BCUT2D eigenvalue weighted by Crippen LogP contribution is -2.40. The molecule has 0 saturated heterocycles. The molecular weight excluding hydrogens is 300 g/mol. The number of aryl methyl sites for hydroxylation is 2. The third-order valence-electron chi connectivity index (χ3n) is 3.52. The molecule has 22 heavy (non-hydrogen) atoms. The Kier molecular flexibility index (Phi) is 4.58. The molecule has 1 aromatic heterocycles. The molecule has 1 aliphatic rings. The lowest BCUT2D eigenvalue weighted by molar-refractivity contribution is -0.121. The molecule has 2 aromatic rings. The van der Waals surface area contributed by atoms with Crippen molar-refractivity contribution >= 4 is 17.2 Å². The van der Waals surface area contributed by atoms with Gasteiger partial charge in [-0.05, 0) is 25.5 Å². The SMILES string of the molecule is Cc1ncsc1CCC(=O)NCC1COc2ccccc2O1. The lowest BCUT2D eigenvalue weighted by atomic mass is 10.2. The Labute approximate surface area is 133 Å². The normalized spacial score (nSPS) is 16.3. The van der Waals surface area contributed by atoms with Crippen LogP contribution >= 0.6 is 11.3 Å². The molecule has 6 heteroatoms. The topological polar surface area (TPSA) is 60.5 Å². The predicted octanol–water partition coefficient (Wildman–Crippen LogP) is 2.34. The molecule has 116 valence electrons. The number of fused-ring (bicyclic) bond motifs is 1. The van der Waals surface area contributed by atoms with Gasteiger partial charge in [-0.3, -0.25) is 4.79 Å². The van der Waals surface area contributed by atoms with Gasteiger partial charge < -0.3 is 14.8 Å². The van der Waals surface area contributed by atoms with Crippen molar-refractivity contribution in [2.24, 2.45) is 0 Å². The molecule has 0 aliphatic carbocycles. The van der Waals surface area contributed by atoms with E-state index in [1.165, 1.54) is 4.88 Å². The first-order chi connectivity index (χ1) is 10.7. The van der Waals surface area contributed by atoms with Gasteiger partial charge in [0.05, 0.1) is 17.7 Å². The maximum absolute atomic E-state index is 11.9. The predicted molar refractivity (Wildman–Crippen MR) is 84.5 cm³/mol. The smallest absolute Gasteiger partial charge is 0.220 e. The molecule has 0 spiro atoms. The van der Waals surface area contributed by atoms with Crippen molar-refractivity contribution < 1.29 is 14.3 Å². The van der Waals surface area contributed by atoms with Crippen LogP contribution in [0.5, 0.6) is 11.5 Å². The summed E-state index contributed by atoms with van der Waals surface area (Å²) in [6.45, 7) is 2.87. The highest BCUT2D eigenvalue weighted by Crippen LogP contribution is 2.30. The van der Waals surface area contributed by atoms with Gasteiger partial charge in [0.1, 0.15) is 12.7 Å². The summed E-state index contributed by atoms with van der Waals surface area (Å²) in [7, 11) is 0. The maximum atomic E-state index is 11.9. The lowest BCUT2D eigenvalue weighted by Gasteiger charge is -2.26. The molecular formula is C16H18N2O3S. The maximum Gasteiger partial charge on any atom is 0.220 e. The van der Waals surface area contributed by atoms with Gasteiger partial charge in [-0.25, -0.2) is 4.98 Å². The number of thiazole rings is 1. The van der Waals surface area contributed by atoms with Crippen LogP contribution in [0.3, 0.4) is 0 Å². The molecule has 1 aromatic carbocycles. The van der Waals surface area contributed by atoms with E-state index in [0.29, 0.717) is 19.6 Å². The number of nitrogens with one attached hydrogen (secondary N) is 1. The van der Waals surface area contributed by atoms with Crippen molar-refractivity contribution in [2.75, 3.05) is 13.2 Å². The standard InChI is InChI=1S/C16H18N2O3S/c1-11-15(22-10-18-11)6-7-16(19)17-8-12-9-20-13-4-2-3-5-14(13)21-12/h2-5,10,12H,6-9H2,1H3,(H,17,19). The Hall–Kier alpha value is -2.08. The third kappa shape index (κ3) is 3.57. The van der Waals surface area contributed by atoms with E-state index in [9.17, 15) is 4.79 Å². The average molecular weight is 318 g/mol. The molecule has 3 rings (SSSR count). The Morgan fingerprint density at radius 1 is 1.41 bits per heavy atom. The number of para-hydroxylation sites is 2. The summed E-state index contributed by atoms with van der Waals surface area (Å²) >= 11 is 1.59. The number of hydrogen-bond donors (Lipinski definition) is 1. The number of carbonyl (C=O) groups is 1. The van der Waals surface area contributed by atoms with E-state index in [1.54, 1.807) is 11.3 Å². The number of ether oxygens (including phenoxy) is 2. The van der Waals surface area contributed by atoms with E-state index in [0.717, 1.165) is 23.6 Å². The fourth-order valence-corrected chi connectivity index (χ4v) is 3.05. The van der Waals surface area contributed by atoms with Crippen LogP contribution < -0.4 is 14.8 Å². The van der Waals surface area contributed by atoms with Crippen LogP contribution in [0.25, 0.3) is 0 Å². The number of aromatic nitrogens is 1. The van der Waals surface area contributed by atoms with E-state index in [-0.39, 0.29) is 12.0 Å². The van der Waals surface area contributed by atoms with Crippen LogP contribution in [0.1, 0.15) is 17.0 Å². The fraction of sp³-hybridized carbons (Fsp3) is 0.375. The zero-order valence-electron chi connectivity index (χ0n) is 12.4. The van der Waals surface area contributed by atoms with Gasteiger partial charge in [-0.15, -0.1) is 11.3 Å². The number of amides is 1. The first-order valence-corrected chi connectivity index (χ1v) is 8.14. The molecule has 0 fully saturated rings. The monoisotopic (exact) mass is 318 g/mol. The summed E-state index contributed by atoms with van der Waals surface area (Å²) in [6, 6.07) is 7.56. The summed E-state index contributed by atoms with van der Waals surface area (Å²) in [6.07, 6.45) is 1.05. The van der Waals surface area contributed by atoms with Gasteiger partial charge >= 0.3 is 0 Å². The Bertz CT molecular complexity index is 656.